The van der Waals surface area contributed by atoms with Gasteiger partial charge >= 0.3 is 6.03 Å². The molecule has 1 aromatic heterocycles. The van der Waals surface area contributed by atoms with Crippen molar-refractivity contribution in [2.75, 3.05) is 6.54 Å². The molecule has 0 saturated heterocycles. The van der Waals surface area contributed by atoms with Crippen molar-refractivity contribution in [3.63, 3.8) is 0 Å². The Morgan fingerprint density at radius 1 is 1.40 bits per heavy atom. The summed E-state index contributed by atoms with van der Waals surface area (Å²) in [4.78, 5) is 15.4. The van der Waals surface area contributed by atoms with Crippen LogP contribution < -0.4 is 10.6 Å². The summed E-state index contributed by atoms with van der Waals surface area (Å²) in [5.74, 6) is 0. The molecule has 0 unspecified atom stereocenters. The zero-order chi connectivity index (χ0) is 11.1. The van der Waals surface area contributed by atoms with Gasteiger partial charge in [0.2, 0.25) is 0 Å². The average molecular weight is 207 g/mol. The van der Waals surface area contributed by atoms with E-state index in [4.69, 9.17) is 0 Å². The number of rotatable bonds is 4. The van der Waals surface area contributed by atoms with E-state index >= 15 is 0 Å². The van der Waals surface area contributed by atoms with E-state index < -0.39 is 0 Å². The largest absolute Gasteiger partial charge is 0.338 e. The maximum Gasteiger partial charge on any atom is 0.315 e. The number of aromatic nitrogens is 1. The summed E-state index contributed by atoms with van der Waals surface area (Å²) in [7, 11) is 0. The van der Waals surface area contributed by atoms with Crippen molar-refractivity contribution in [3.8, 4) is 0 Å². The number of carbonyl (C=O) groups excluding carboxylic acids is 1. The fraction of sp³-hybridized carbons (Fsp3) is 0.455. The number of amides is 2. The highest BCUT2D eigenvalue weighted by molar-refractivity contribution is 5.73. The molecule has 15 heavy (non-hydrogen) atoms. The molecule has 2 N–H and O–H groups in total. The molecule has 0 fully saturated rings. The minimum atomic E-state index is -0.148. The van der Waals surface area contributed by atoms with Crippen LogP contribution in [0.25, 0.3) is 0 Å². The molecule has 2 amide bonds. The number of carbonyl (C=O) groups is 1. The lowest BCUT2D eigenvalue weighted by Crippen LogP contribution is -2.35. The Morgan fingerprint density at radius 3 is 2.87 bits per heavy atom. The second-order valence-electron chi connectivity index (χ2n) is 3.18. The standard InChI is InChI=1S/C11H17N3O/c1-3-9-6-5-7-13-10(9)8-14-11(15)12-4-2/h5-7H,3-4,8H2,1-2H3,(H2,12,14,15). The van der Waals surface area contributed by atoms with Gasteiger partial charge < -0.3 is 10.6 Å². The van der Waals surface area contributed by atoms with Crippen molar-refractivity contribution in [2.45, 2.75) is 26.8 Å². The Morgan fingerprint density at radius 2 is 2.20 bits per heavy atom. The minimum Gasteiger partial charge on any atom is -0.338 e. The zero-order valence-corrected chi connectivity index (χ0v) is 9.21. The number of hydrogen-bond acceptors (Lipinski definition) is 2. The zero-order valence-electron chi connectivity index (χ0n) is 9.21. The molecule has 0 spiro atoms. The summed E-state index contributed by atoms with van der Waals surface area (Å²) < 4.78 is 0. The molecule has 0 saturated carbocycles. The van der Waals surface area contributed by atoms with E-state index in [-0.39, 0.29) is 6.03 Å². The van der Waals surface area contributed by atoms with Gasteiger partial charge in [-0.2, -0.15) is 0 Å². The van der Waals surface area contributed by atoms with Crippen LogP contribution in [0.3, 0.4) is 0 Å². The Hall–Kier alpha value is -1.58. The van der Waals surface area contributed by atoms with Crippen molar-refractivity contribution >= 4 is 6.03 Å². The van der Waals surface area contributed by atoms with E-state index in [9.17, 15) is 4.79 Å². The number of nitrogens with zero attached hydrogens (tertiary/aromatic N) is 1. The normalized spacial score (nSPS) is 9.73. The molecule has 1 heterocycles. The van der Waals surface area contributed by atoms with Gasteiger partial charge in [-0.15, -0.1) is 0 Å². The van der Waals surface area contributed by atoms with Crippen molar-refractivity contribution in [2.24, 2.45) is 0 Å². The van der Waals surface area contributed by atoms with Gasteiger partial charge in [0.15, 0.2) is 0 Å². The van der Waals surface area contributed by atoms with E-state index in [1.165, 1.54) is 5.56 Å². The molecule has 4 nitrogen and oxygen atoms in total. The van der Waals surface area contributed by atoms with Crippen LogP contribution in [0.5, 0.6) is 0 Å². The van der Waals surface area contributed by atoms with E-state index in [1.807, 2.05) is 19.1 Å². The lowest BCUT2D eigenvalue weighted by atomic mass is 10.1. The lowest BCUT2D eigenvalue weighted by Gasteiger charge is -2.08. The van der Waals surface area contributed by atoms with Gasteiger partial charge in [0.05, 0.1) is 12.2 Å². The Labute approximate surface area is 90.1 Å². The van der Waals surface area contributed by atoms with Crippen LogP contribution in [0.2, 0.25) is 0 Å². The summed E-state index contributed by atoms with van der Waals surface area (Å²) >= 11 is 0. The molecule has 0 radical (unpaired) electrons. The molecule has 82 valence electrons. The Kier molecular flexibility index (Phi) is 4.60. The predicted octanol–water partition coefficient (Wildman–Crippen LogP) is 1.46. The highest BCUT2D eigenvalue weighted by Gasteiger charge is 2.03. The van der Waals surface area contributed by atoms with Crippen LogP contribution in [0.4, 0.5) is 4.79 Å². The quantitative estimate of drug-likeness (QED) is 0.785. The maximum absolute atomic E-state index is 11.2. The van der Waals surface area contributed by atoms with Gasteiger partial charge in [-0.25, -0.2) is 4.79 Å². The van der Waals surface area contributed by atoms with Gasteiger partial charge in [-0.05, 0) is 25.0 Å². The molecule has 1 aromatic rings. The van der Waals surface area contributed by atoms with Crippen LogP contribution in [0, 0.1) is 0 Å². The summed E-state index contributed by atoms with van der Waals surface area (Å²) in [6, 6.07) is 3.79. The number of urea groups is 1. The van der Waals surface area contributed by atoms with Gasteiger partial charge in [0.1, 0.15) is 0 Å². The molecular formula is C11H17N3O. The fourth-order valence-electron chi connectivity index (χ4n) is 1.34. The lowest BCUT2D eigenvalue weighted by molar-refractivity contribution is 0.241. The monoisotopic (exact) mass is 207 g/mol. The van der Waals surface area contributed by atoms with Crippen LogP contribution >= 0.6 is 0 Å². The second kappa shape index (κ2) is 6.01. The van der Waals surface area contributed by atoms with Crippen molar-refractivity contribution in [3.05, 3.63) is 29.6 Å². The molecule has 0 aliphatic rings. The predicted molar refractivity (Wildman–Crippen MR) is 59.5 cm³/mol. The van der Waals surface area contributed by atoms with Crippen molar-refractivity contribution in [1.29, 1.82) is 0 Å². The van der Waals surface area contributed by atoms with Crippen LogP contribution in [-0.2, 0) is 13.0 Å². The summed E-state index contributed by atoms with van der Waals surface area (Å²) in [6.45, 7) is 5.08. The third-order valence-corrected chi connectivity index (χ3v) is 2.12. The third kappa shape index (κ3) is 3.58. The maximum atomic E-state index is 11.2. The Bertz CT molecular complexity index is 325. The third-order valence-electron chi connectivity index (χ3n) is 2.12. The number of nitrogens with one attached hydrogen (secondary N) is 2. The summed E-state index contributed by atoms with van der Waals surface area (Å²) in [5, 5.41) is 5.44. The molecule has 1 rings (SSSR count). The number of hydrogen-bond donors (Lipinski definition) is 2. The average Bonchev–Trinajstić information content (AvgIpc) is 2.27. The molecule has 0 bridgehead atoms. The molecule has 0 aliphatic carbocycles. The van der Waals surface area contributed by atoms with Gasteiger partial charge in [0.25, 0.3) is 0 Å². The highest BCUT2D eigenvalue weighted by Crippen LogP contribution is 2.05. The first-order valence-corrected chi connectivity index (χ1v) is 5.22. The fourth-order valence-corrected chi connectivity index (χ4v) is 1.34. The van der Waals surface area contributed by atoms with Gasteiger partial charge in [0, 0.05) is 12.7 Å². The number of aryl methyl sites for hydroxylation is 1. The first kappa shape index (κ1) is 11.5. The highest BCUT2D eigenvalue weighted by atomic mass is 16.2. The first-order valence-electron chi connectivity index (χ1n) is 5.22. The SMILES string of the molecule is CCNC(=O)NCc1ncccc1CC. The molecular weight excluding hydrogens is 190 g/mol. The van der Waals surface area contributed by atoms with E-state index in [0.29, 0.717) is 13.1 Å². The topological polar surface area (TPSA) is 54.0 Å². The molecule has 4 heteroatoms. The summed E-state index contributed by atoms with van der Waals surface area (Å²) in [6.07, 6.45) is 2.67. The Balaban J connectivity index is 2.53. The van der Waals surface area contributed by atoms with E-state index in [2.05, 4.69) is 22.5 Å². The second-order valence-corrected chi connectivity index (χ2v) is 3.18. The van der Waals surface area contributed by atoms with Crippen LogP contribution in [-0.4, -0.2) is 17.6 Å². The van der Waals surface area contributed by atoms with E-state index in [1.54, 1.807) is 6.20 Å². The van der Waals surface area contributed by atoms with Gasteiger partial charge in [-0.1, -0.05) is 13.0 Å². The van der Waals surface area contributed by atoms with Crippen LogP contribution in [0.1, 0.15) is 25.1 Å². The van der Waals surface area contributed by atoms with Gasteiger partial charge in [-0.3, -0.25) is 4.98 Å². The summed E-state index contributed by atoms with van der Waals surface area (Å²) in [5.41, 5.74) is 2.11. The first-order chi connectivity index (χ1) is 7.27. The molecule has 0 aliphatic heterocycles. The smallest absolute Gasteiger partial charge is 0.315 e. The van der Waals surface area contributed by atoms with Crippen molar-refractivity contribution in [1.82, 2.24) is 15.6 Å². The molecule has 0 atom stereocenters. The van der Waals surface area contributed by atoms with Crippen LogP contribution in [0.15, 0.2) is 18.3 Å². The minimum absolute atomic E-state index is 0.148. The van der Waals surface area contributed by atoms with E-state index in [0.717, 1.165) is 12.1 Å². The number of pyridine rings is 1. The molecule has 0 aromatic carbocycles. The van der Waals surface area contributed by atoms with Crippen molar-refractivity contribution < 1.29 is 4.79 Å².